The zero-order valence-electron chi connectivity index (χ0n) is 9.40. The number of halogens is 1. The quantitative estimate of drug-likeness (QED) is 0.783. The van der Waals surface area contributed by atoms with Crippen molar-refractivity contribution in [1.29, 1.82) is 0 Å². The van der Waals surface area contributed by atoms with Crippen molar-refractivity contribution in [3.63, 3.8) is 0 Å². The Bertz CT molecular complexity index is 574. The van der Waals surface area contributed by atoms with Gasteiger partial charge in [0.05, 0.1) is 19.0 Å². The molecule has 3 atom stereocenters. The molecule has 3 heterocycles. The van der Waals surface area contributed by atoms with Gasteiger partial charge in [-0.1, -0.05) is 0 Å². The number of anilines is 1. The van der Waals surface area contributed by atoms with E-state index in [9.17, 15) is 4.39 Å². The Balaban J connectivity index is 2.02. The highest BCUT2D eigenvalue weighted by atomic mass is 19.1. The van der Waals surface area contributed by atoms with E-state index in [1.807, 2.05) is 0 Å². The van der Waals surface area contributed by atoms with Gasteiger partial charge in [-0.15, -0.1) is 0 Å². The summed E-state index contributed by atoms with van der Waals surface area (Å²) in [5, 5.41) is 8.99. The maximum absolute atomic E-state index is 13.9. The molecule has 1 saturated heterocycles. The number of ether oxygens (including phenoxy) is 1. The second-order valence-corrected chi connectivity index (χ2v) is 4.17. The van der Waals surface area contributed by atoms with Gasteiger partial charge in [-0.05, 0) is 0 Å². The van der Waals surface area contributed by atoms with Gasteiger partial charge >= 0.3 is 0 Å². The Morgan fingerprint density at radius 1 is 1.50 bits per heavy atom. The summed E-state index contributed by atoms with van der Waals surface area (Å²) in [5.74, 6) is 0.242. The predicted octanol–water partition coefficient (Wildman–Crippen LogP) is 0.0264. The third-order valence-electron chi connectivity index (χ3n) is 2.99. The molecule has 0 amide bonds. The standard InChI is InChI=1S/C10H12FN5O2/c11-6-1-5(2-17)18-10(6)16-4-15-7-8(12)13-3-14-9(7)16/h3-6,10,17H,1-2H2,(H2,12,13,14)/t5-,6-,10+/m1/s1. The molecule has 0 saturated carbocycles. The second-order valence-electron chi connectivity index (χ2n) is 4.17. The first-order chi connectivity index (χ1) is 8.70. The summed E-state index contributed by atoms with van der Waals surface area (Å²) in [6.07, 6.45) is 0.328. The highest BCUT2D eigenvalue weighted by Gasteiger charge is 2.37. The van der Waals surface area contributed by atoms with E-state index in [0.29, 0.717) is 11.2 Å². The van der Waals surface area contributed by atoms with Gasteiger partial charge in [0.25, 0.3) is 0 Å². The smallest absolute Gasteiger partial charge is 0.168 e. The predicted molar refractivity (Wildman–Crippen MR) is 60.2 cm³/mol. The molecule has 7 nitrogen and oxygen atoms in total. The van der Waals surface area contributed by atoms with Gasteiger partial charge in [0.15, 0.2) is 17.7 Å². The van der Waals surface area contributed by atoms with Gasteiger partial charge in [-0.25, -0.2) is 19.3 Å². The number of imidazole rings is 1. The number of alkyl halides is 1. The molecular formula is C10H12FN5O2. The van der Waals surface area contributed by atoms with E-state index < -0.39 is 18.5 Å². The lowest BCUT2D eigenvalue weighted by atomic mass is 10.2. The first-order valence-corrected chi connectivity index (χ1v) is 5.54. The second kappa shape index (κ2) is 4.14. The number of rotatable bonds is 2. The number of aliphatic hydroxyl groups excluding tert-OH is 1. The molecule has 1 aliphatic heterocycles. The van der Waals surface area contributed by atoms with E-state index in [4.69, 9.17) is 15.6 Å². The molecule has 0 bridgehead atoms. The van der Waals surface area contributed by atoms with Gasteiger partial charge in [0.2, 0.25) is 0 Å². The van der Waals surface area contributed by atoms with E-state index in [-0.39, 0.29) is 18.8 Å². The van der Waals surface area contributed by atoms with Crippen molar-refractivity contribution in [2.24, 2.45) is 0 Å². The molecular weight excluding hydrogens is 241 g/mol. The fourth-order valence-corrected chi connectivity index (χ4v) is 2.12. The number of aromatic nitrogens is 4. The van der Waals surface area contributed by atoms with Crippen LogP contribution in [0.4, 0.5) is 10.2 Å². The third-order valence-corrected chi connectivity index (χ3v) is 2.99. The molecule has 0 spiro atoms. The van der Waals surface area contributed by atoms with Crippen molar-refractivity contribution < 1.29 is 14.2 Å². The molecule has 3 N–H and O–H groups in total. The number of nitrogens with zero attached hydrogens (tertiary/aromatic N) is 4. The minimum atomic E-state index is -1.21. The van der Waals surface area contributed by atoms with E-state index in [1.54, 1.807) is 0 Å². The molecule has 2 aromatic heterocycles. The van der Waals surface area contributed by atoms with E-state index in [0.717, 1.165) is 0 Å². The van der Waals surface area contributed by atoms with Crippen LogP contribution in [0.5, 0.6) is 0 Å². The zero-order chi connectivity index (χ0) is 12.7. The summed E-state index contributed by atoms with van der Waals surface area (Å²) in [4.78, 5) is 11.9. The monoisotopic (exact) mass is 253 g/mol. The van der Waals surface area contributed by atoms with Gasteiger partial charge in [-0.3, -0.25) is 4.57 Å². The van der Waals surface area contributed by atoms with Crippen LogP contribution in [0.25, 0.3) is 11.2 Å². The molecule has 2 aromatic rings. The first kappa shape index (κ1) is 11.3. The minimum absolute atomic E-state index is 0.154. The van der Waals surface area contributed by atoms with Crippen molar-refractivity contribution in [3.8, 4) is 0 Å². The molecule has 0 radical (unpaired) electrons. The number of aliphatic hydroxyl groups is 1. The number of nitrogen functional groups attached to an aromatic ring is 1. The molecule has 8 heteroatoms. The van der Waals surface area contributed by atoms with Crippen LogP contribution in [0, 0.1) is 0 Å². The largest absolute Gasteiger partial charge is 0.394 e. The van der Waals surface area contributed by atoms with Crippen LogP contribution < -0.4 is 5.73 Å². The topological polar surface area (TPSA) is 99.1 Å². The third kappa shape index (κ3) is 1.61. The van der Waals surface area contributed by atoms with Crippen molar-refractivity contribution >= 4 is 17.0 Å². The summed E-state index contributed by atoms with van der Waals surface area (Å²) >= 11 is 0. The Morgan fingerprint density at radius 2 is 2.33 bits per heavy atom. The van der Waals surface area contributed by atoms with Gasteiger partial charge in [-0.2, -0.15) is 0 Å². The molecule has 1 aliphatic rings. The molecule has 3 rings (SSSR count). The summed E-state index contributed by atoms with van der Waals surface area (Å²) < 4.78 is 20.7. The lowest BCUT2D eigenvalue weighted by Crippen LogP contribution is -2.16. The number of hydrogen-bond donors (Lipinski definition) is 2. The SMILES string of the molecule is Nc1ncnc2c1ncn2[C@H]1O[C@@H](CO)C[C@H]1F. The molecule has 0 aromatic carbocycles. The molecule has 18 heavy (non-hydrogen) atoms. The minimum Gasteiger partial charge on any atom is -0.394 e. The average Bonchev–Trinajstić information content (AvgIpc) is 2.93. The van der Waals surface area contributed by atoms with Crippen molar-refractivity contribution in [2.45, 2.75) is 24.9 Å². The van der Waals surface area contributed by atoms with Gasteiger partial charge < -0.3 is 15.6 Å². The normalized spacial score (nSPS) is 28.0. The highest BCUT2D eigenvalue weighted by Crippen LogP contribution is 2.33. The van der Waals surface area contributed by atoms with Gasteiger partial charge in [0, 0.05) is 6.42 Å². The Labute approximate surface area is 101 Å². The maximum atomic E-state index is 13.9. The lowest BCUT2D eigenvalue weighted by molar-refractivity contribution is -0.0351. The summed E-state index contributed by atoms with van der Waals surface area (Å²) in [5.41, 5.74) is 6.50. The van der Waals surface area contributed by atoms with E-state index in [1.165, 1.54) is 17.2 Å². The van der Waals surface area contributed by atoms with Gasteiger partial charge in [0.1, 0.15) is 18.0 Å². The van der Waals surface area contributed by atoms with Crippen LogP contribution in [0.15, 0.2) is 12.7 Å². The summed E-state index contributed by atoms with van der Waals surface area (Å²) in [7, 11) is 0. The maximum Gasteiger partial charge on any atom is 0.168 e. The highest BCUT2D eigenvalue weighted by molar-refractivity contribution is 5.81. The van der Waals surface area contributed by atoms with Crippen molar-refractivity contribution in [3.05, 3.63) is 12.7 Å². The van der Waals surface area contributed by atoms with E-state index in [2.05, 4.69) is 15.0 Å². The van der Waals surface area contributed by atoms with Crippen molar-refractivity contribution in [1.82, 2.24) is 19.5 Å². The van der Waals surface area contributed by atoms with Crippen molar-refractivity contribution in [2.75, 3.05) is 12.3 Å². The number of nitrogens with two attached hydrogens (primary N) is 1. The van der Waals surface area contributed by atoms with Crippen LogP contribution in [0.1, 0.15) is 12.6 Å². The number of hydrogen-bond acceptors (Lipinski definition) is 6. The lowest BCUT2D eigenvalue weighted by Gasteiger charge is -2.15. The van der Waals surface area contributed by atoms with Crippen LogP contribution >= 0.6 is 0 Å². The number of fused-ring (bicyclic) bond motifs is 1. The first-order valence-electron chi connectivity index (χ1n) is 5.54. The molecule has 1 fully saturated rings. The molecule has 96 valence electrons. The van der Waals surface area contributed by atoms with Crippen LogP contribution in [-0.2, 0) is 4.74 Å². The average molecular weight is 253 g/mol. The Morgan fingerprint density at radius 3 is 3.06 bits per heavy atom. The summed E-state index contributed by atoms with van der Waals surface area (Å²) in [6.45, 7) is -0.208. The van der Waals surface area contributed by atoms with Crippen LogP contribution in [-0.4, -0.2) is 43.5 Å². The fraction of sp³-hybridized carbons (Fsp3) is 0.500. The molecule has 0 unspecified atom stereocenters. The van der Waals surface area contributed by atoms with Crippen LogP contribution in [0.3, 0.4) is 0 Å². The fourth-order valence-electron chi connectivity index (χ4n) is 2.12. The Kier molecular flexibility index (Phi) is 2.60. The van der Waals surface area contributed by atoms with Crippen LogP contribution in [0.2, 0.25) is 0 Å². The molecule has 0 aliphatic carbocycles. The Hall–Kier alpha value is -1.80. The zero-order valence-corrected chi connectivity index (χ0v) is 9.40. The summed E-state index contributed by atoms with van der Waals surface area (Å²) in [6, 6.07) is 0. The van der Waals surface area contributed by atoms with E-state index >= 15 is 0 Å².